The lowest BCUT2D eigenvalue weighted by molar-refractivity contribution is -0.143. The molecule has 0 aromatic heterocycles. The number of piperidine rings is 1. The van der Waals surface area contributed by atoms with E-state index in [9.17, 15) is 14.7 Å². The number of likely N-dealkylation sites (tertiary alicyclic amines) is 1. The summed E-state index contributed by atoms with van der Waals surface area (Å²) in [6, 6.07) is 0. The molecule has 6 heteroatoms. The molecule has 1 heterocycles. The van der Waals surface area contributed by atoms with Crippen LogP contribution in [0.2, 0.25) is 0 Å². The molecule has 0 atom stereocenters. The van der Waals surface area contributed by atoms with Crippen LogP contribution in [0, 0.1) is 5.92 Å². The number of unbranched alkanes of at least 4 members (excludes halogenated alkanes) is 12. The summed E-state index contributed by atoms with van der Waals surface area (Å²) in [7, 11) is 0. The maximum Gasteiger partial charge on any atom is 0.305 e. The Bertz CT molecular complexity index is 619. The average Bonchev–Trinajstić information content (AvgIpc) is 2.93. The van der Waals surface area contributed by atoms with Gasteiger partial charge in [-0.05, 0) is 90.4 Å². The van der Waals surface area contributed by atoms with Gasteiger partial charge in [-0.2, -0.15) is 0 Å². The van der Waals surface area contributed by atoms with Gasteiger partial charge in [0.2, 0.25) is 0 Å². The Labute approximate surface area is 254 Å². The summed E-state index contributed by atoms with van der Waals surface area (Å²) in [6.07, 6.45) is 23.3. The van der Waals surface area contributed by atoms with E-state index in [2.05, 4.69) is 23.6 Å². The topological polar surface area (TPSA) is 70.1 Å². The van der Waals surface area contributed by atoms with E-state index in [1.165, 1.54) is 96.6 Å². The van der Waals surface area contributed by atoms with Gasteiger partial charge >= 0.3 is 5.97 Å². The number of ether oxygens (including phenoxy) is 1. The highest BCUT2D eigenvalue weighted by molar-refractivity contribution is 5.75. The minimum absolute atomic E-state index is 0.0134. The van der Waals surface area contributed by atoms with Gasteiger partial charge in [0.25, 0.3) is 0 Å². The van der Waals surface area contributed by atoms with Crippen LogP contribution in [-0.2, 0) is 14.3 Å². The van der Waals surface area contributed by atoms with Crippen LogP contribution in [0.25, 0.3) is 0 Å². The van der Waals surface area contributed by atoms with Crippen molar-refractivity contribution in [1.29, 1.82) is 0 Å². The molecule has 0 unspecified atom stereocenters. The molecule has 0 aromatic carbocycles. The summed E-state index contributed by atoms with van der Waals surface area (Å²) in [4.78, 5) is 28.3. The lowest BCUT2D eigenvalue weighted by atomic mass is 10.0. The maximum atomic E-state index is 12.0. The summed E-state index contributed by atoms with van der Waals surface area (Å²) in [5, 5.41) is 9.76. The van der Waals surface area contributed by atoms with Crippen molar-refractivity contribution in [2.45, 2.75) is 162 Å². The maximum absolute atomic E-state index is 12.0. The summed E-state index contributed by atoms with van der Waals surface area (Å²) in [5.74, 6) is 1.10. The van der Waals surface area contributed by atoms with Crippen LogP contribution in [0.4, 0.5) is 0 Å². The predicted molar refractivity (Wildman–Crippen MR) is 172 cm³/mol. The fourth-order valence-electron chi connectivity index (χ4n) is 5.81. The standard InChI is InChI=1S/C35H68N2O4/c1-32(2)20-13-7-6-12-18-31-41-35(40)22-15-9-5-11-17-26-36(25-16-10-4-8-14-21-33(3)38)27-19-28-37-29-23-34(39)24-30-37/h32,34,39H,4-31H2,1-3H3. The summed E-state index contributed by atoms with van der Waals surface area (Å²) >= 11 is 0. The molecule has 1 fully saturated rings. The first-order valence-electron chi connectivity index (χ1n) is 17.6. The minimum atomic E-state index is -0.0945. The number of hydrogen-bond acceptors (Lipinski definition) is 6. The van der Waals surface area contributed by atoms with E-state index in [4.69, 9.17) is 4.74 Å². The third-order valence-corrected chi connectivity index (χ3v) is 8.55. The van der Waals surface area contributed by atoms with E-state index in [1.54, 1.807) is 6.92 Å². The quantitative estimate of drug-likeness (QED) is 0.0748. The molecular weight excluding hydrogens is 512 g/mol. The second-order valence-electron chi connectivity index (χ2n) is 13.2. The van der Waals surface area contributed by atoms with Crippen molar-refractivity contribution < 1.29 is 19.4 Å². The Morgan fingerprint density at radius 2 is 1.24 bits per heavy atom. The highest BCUT2D eigenvalue weighted by atomic mass is 16.5. The lowest BCUT2D eigenvalue weighted by Gasteiger charge is -2.30. The van der Waals surface area contributed by atoms with Gasteiger partial charge in [-0.1, -0.05) is 84.5 Å². The zero-order chi connectivity index (χ0) is 30.0. The highest BCUT2D eigenvalue weighted by Crippen LogP contribution is 2.13. The molecule has 242 valence electrons. The number of carbonyl (C=O) groups is 2. The molecular formula is C35H68N2O4. The molecule has 6 nitrogen and oxygen atoms in total. The number of nitrogens with zero attached hydrogens (tertiary/aromatic N) is 2. The second-order valence-corrected chi connectivity index (χ2v) is 13.2. The molecule has 1 rings (SSSR count). The van der Waals surface area contributed by atoms with Crippen molar-refractivity contribution in [3.8, 4) is 0 Å². The molecule has 0 aromatic rings. The molecule has 0 spiro atoms. The van der Waals surface area contributed by atoms with Crippen LogP contribution in [0.15, 0.2) is 0 Å². The largest absolute Gasteiger partial charge is 0.466 e. The first-order valence-corrected chi connectivity index (χ1v) is 17.6. The Morgan fingerprint density at radius 3 is 1.85 bits per heavy atom. The lowest BCUT2D eigenvalue weighted by Crippen LogP contribution is -2.38. The number of carbonyl (C=O) groups excluding carboxylic acids is 2. The third kappa shape index (κ3) is 25.3. The van der Waals surface area contributed by atoms with Crippen molar-refractivity contribution in [2.24, 2.45) is 5.92 Å². The van der Waals surface area contributed by atoms with Crippen molar-refractivity contribution in [3.05, 3.63) is 0 Å². The van der Waals surface area contributed by atoms with Crippen LogP contribution in [0.5, 0.6) is 0 Å². The van der Waals surface area contributed by atoms with Crippen molar-refractivity contribution in [1.82, 2.24) is 9.80 Å². The van der Waals surface area contributed by atoms with E-state index in [0.29, 0.717) is 18.8 Å². The third-order valence-electron chi connectivity index (χ3n) is 8.55. The number of rotatable bonds is 28. The Kier molecular flexibility index (Phi) is 24.7. The Hall–Kier alpha value is -0.980. The van der Waals surface area contributed by atoms with E-state index in [-0.39, 0.29) is 12.1 Å². The van der Waals surface area contributed by atoms with Crippen LogP contribution in [0.1, 0.15) is 156 Å². The molecule has 0 bridgehead atoms. The molecule has 0 aliphatic carbocycles. The normalized spacial score (nSPS) is 14.8. The van der Waals surface area contributed by atoms with Gasteiger partial charge < -0.3 is 24.4 Å². The summed E-state index contributed by atoms with van der Waals surface area (Å²) < 4.78 is 5.43. The molecule has 0 amide bonds. The van der Waals surface area contributed by atoms with E-state index >= 15 is 0 Å². The first-order chi connectivity index (χ1) is 19.9. The average molecular weight is 581 g/mol. The first kappa shape index (κ1) is 38.0. The number of ketones is 1. The van der Waals surface area contributed by atoms with Gasteiger partial charge in [-0.15, -0.1) is 0 Å². The number of esters is 1. The molecule has 1 aliphatic rings. The number of hydrogen-bond donors (Lipinski definition) is 1. The van der Waals surface area contributed by atoms with E-state index in [0.717, 1.165) is 77.0 Å². The van der Waals surface area contributed by atoms with Gasteiger partial charge in [0.1, 0.15) is 5.78 Å². The van der Waals surface area contributed by atoms with Gasteiger partial charge in [-0.3, -0.25) is 4.79 Å². The van der Waals surface area contributed by atoms with E-state index < -0.39 is 0 Å². The van der Waals surface area contributed by atoms with Crippen LogP contribution >= 0.6 is 0 Å². The highest BCUT2D eigenvalue weighted by Gasteiger charge is 2.16. The van der Waals surface area contributed by atoms with Crippen molar-refractivity contribution >= 4 is 11.8 Å². The van der Waals surface area contributed by atoms with Crippen LogP contribution in [0.3, 0.4) is 0 Å². The van der Waals surface area contributed by atoms with Crippen molar-refractivity contribution in [2.75, 3.05) is 45.9 Å². The van der Waals surface area contributed by atoms with Crippen LogP contribution < -0.4 is 0 Å². The van der Waals surface area contributed by atoms with E-state index in [1.807, 2.05) is 0 Å². The molecule has 1 saturated heterocycles. The zero-order valence-electron chi connectivity index (χ0n) is 27.5. The summed E-state index contributed by atoms with van der Waals surface area (Å²) in [6.45, 7) is 13.6. The smallest absolute Gasteiger partial charge is 0.305 e. The Balaban J connectivity index is 2.09. The molecule has 0 saturated carbocycles. The summed E-state index contributed by atoms with van der Waals surface area (Å²) in [5.41, 5.74) is 0. The fourth-order valence-corrected chi connectivity index (χ4v) is 5.81. The number of Topliss-reactive ketones (excluding diaryl/α,β-unsaturated/α-hetero) is 1. The number of aliphatic hydroxyl groups is 1. The van der Waals surface area contributed by atoms with Gasteiger partial charge in [0.15, 0.2) is 0 Å². The molecule has 41 heavy (non-hydrogen) atoms. The fraction of sp³-hybridized carbons (Fsp3) is 0.943. The molecule has 1 N–H and O–H groups in total. The minimum Gasteiger partial charge on any atom is -0.466 e. The van der Waals surface area contributed by atoms with Crippen molar-refractivity contribution in [3.63, 3.8) is 0 Å². The monoisotopic (exact) mass is 581 g/mol. The zero-order valence-corrected chi connectivity index (χ0v) is 27.5. The molecule has 1 aliphatic heterocycles. The number of aliphatic hydroxyl groups excluding tert-OH is 1. The SMILES string of the molecule is CC(=O)CCCCCCCN(CCCCCCCC(=O)OCCCCCCCC(C)C)CCCN1CCC(O)CC1. The van der Waals surface area contributed by atoms with Gasteiger partial charge in [-0.25, -0.2) is 0 Å². The predicted octanol–water partition coefficient (Wildman–Crippen LogP) is 7.95. The van der Waals surface area contributed by atoms with Gasteiger partial charge in [0.05, 0.1) is 12.7 Å². The molecule has 0 radical (unpaired) electrons. The van der Waals surface area contributed by atoms with Gasteiger partial charge in [0, 0.05) is 25.9 Å². The second kappa shape index (κ2) is 26.6. The Morgan fingerprint density at radius 1 is 0.732 bits per heavy atom. The van der Waals surface area contributed by atoms with Crippen LogP contribution in [-0.4, -0.2) is 78.6 Å².